The first kappa shape index (κ1) is 14.6. The van der Waals surface area contributed by atoms with E-state index < -0.39 is 5.60 Å². The van der Waals surface area contributed by atoms with E-state index >= 15 is 0 Å². The summed E-state index contributed by atoms with van der Waals surface area (Å²) in [5.74, 6) is 0.407. The third-order valence-electron chi connectivity index (χ3n) is 2.78. The summed E-state index contributed by atoms with van der Waals surface area (Å²) in [6, 6.07) is 6.79. The van der Waals surface area contributed by atoms with Crippen LogP contribution in [0.2, 0.25) is 0 Å². The number of rotatable bonds is 5. The minimum Gasteiger partial charge on any atom is -0.466 e. The van der Waals surface area contributed by atoms with Gasteiger partial charge in [0.2, 0.25) is 0 Å². The lowest BCUT2D eigenvalue weighted by atomic mass is 9.99. The number of thiophene rings is 1. The molecule has 2 aromatic rings. The normalized spacial score (nSPS) is 14.0. The highest BCUT2D eigenvalue weighted by Gasteiger charge is 2.36. The monoisotopic (exact) mass is 294 g/mol. The van der Waals surface area contributed by atoms with Crippen molar-refractivity contribution in [2.24, 2.45) is 0 Å². The van der Waals surface area contributed by atoms with Crippen molar-refractivity contribution in [3.8, 4) is 0 Å². The summed E-state index contributed by atoms with van der Waals surface area (Å²) >= 11 is 1.41. The second-order valence-corrected chi connectivity index (χ2v) is 5.74. The molecule has 2 heterocycles. The number of aliphatic hydroxyl groups is 1. The van der Waals surface area contributed by atoms with Crippen LogP contribution in [0, 0.1) is 0 Å². The van der Waals surface area contributed by atoms with E-state index in [9.17, 15) is 9.90 Å². The maximum atomic E-state index is 11.7. The van der Waals surface area contributed by atoms with Gasteiger partial charge in [0.1, 0.15) is 5.76 Å². The highest BCUT2D eigenvalue weighted by atomic mass is 32.1. The molecule has 6 heteroatoms. The fourth-order valence-electron chi connectivity index (χ4n) is 1.84. The molecule has 0 aliphatic heterocycles. The van der Waals surface area contributed by atoms with Crippen LogP contribution in [0.4, 0.5) is 4.79 Å². The molecule has 0 bridgehead atoms. The van der Waals surface area contributed by atoms with Crippen LogP contribution in [0.3, 0.4) is 0 Å². The summed E-state index contributed by atoms with van der Waals surface area (Å²) in [4.78, 5) is 12.4. The van der Waals surface area contributed by atoms with Gasteiger partial charge in [-0.2, -0.15) is 0 Å². The molecule has 3 N–H and O–H groups in total. The number of amides is 2. The lowest BCUT2D eigenvalue weighted by Crippen LogP contribution is -2.46. The Labute approximate surface area is 121 Å². The Balaban J connectivity index is 2.15. The van der Waals surface area contributed by atoms with Crippen molar-refractivity contribution >= 4 is 17.4 Å². The van der Waals surface area contributed by atoms with E-state index in [1.54, 1.807) is 12.1 Å². The summed E-state index contributed by atoms with van der Waals surface area (Å²) in [6.45, 7) is 3.79. The van der Waals surface area contributed by atoms with E-state index in [0.717, 1.165) is 4.88 Å². The lowest BCUT2D eigenvalue weighted by molar-refractivity contribution is 0.0622. The van der Waals surface area contributed by atoms with Gasteiger partial charge in [-0.3, -0.25) is 0 Å². The molecular formula is C14H18N2O3S. The third-order valence-corrected chi connectivity index (χ3v) is 3.80. The molecule has 0 spiro atoms. The molecule has 1 unspecified atom stereocenters. The Morgan fingerprint density at radius 2 is 2.25 bits per heavy atom. The topological polar surface area (TPSA) is 74.5 Å². The lowest BCUT2D eigenvalue weighted by Gasteiger charge is -2.25. The Hall–Kier alpha value is -1.79. The van der Waals surface area contributed by atoms with Gasteiger partial charge in [0.05, 0.1) is 12.8 Å². The van der Waals surface area contributed by atoms with Crippen molar-refractivity contribution in [3.05, 3.63) is 46.5 Å². The molecule has 2 amide bonds. The minimum absolute atomic E-state index is 0.0356. The fourth-order valence-corrected chi connectivity index (χ4v) is 2.67. The highest BCUT2D eigenvalue weighted by molar-refractivity contribution is 7.10. The Morgan fingerprint density at radius 3 is 2.80 bits per heavy atom. The predicted molar refractivity (Wildman–Crippen MR) is 77.7 cm³/mol. The first-order valence-corrected chi connectivity index (χ1v) is 7.25. The van der Waals surface area contributed by atoms with Crippen LogP contribution >= 0.6 is 11.3 Å². The van der Waals surface area contributed by atoms with Crippen LogP contribution in [-0.4, -0.2) is 23.7 Å². The van der Waals surface area contributed by atoms with E-state index in [4.69, 9.17) is 4.42 Å². The van der Waals surface area contributed by atoms with Crippen LogP contribution in [0.5, 0.6) is 0 Å². The number of carbonyl (C=O) groups excluding carboxylic acids is 1. The SMILES string of the molecule is CC(C)NC(=O)NCC(O)(c1ccco1)c1cccs1. The zero-order chi connectivity index (χ0) is 14.6. The van der Waals surface area contributed by atoms with Crippen LogP contribution in [-0.2, 0) is 5.60 Å². The fraction of sp³-hybridized carbons (Fsp3) is 0.357. The molecule has 108 valence electrons. The van der Waals surface area contributed by atoms with Crippen molar-refractivity contribution in [1.82, 2.24) is 10.6 Å². The van der Waals surface area contributed by atoms with Crippen LogP contribution in [0.1, 0.15) is 24.5 Å². The number of furan rings is 1. The van der Waals surface area contributed by atoms with Crippen molar-refractivity contribution < 1.29 is 14.3 Å². The number of hydrogen-bond donors (Lipinski definition) is 3. The van der Waals surface area contributed by atoms with E-state index in [1.165, 1.54) is 17.6 Å². The summed E-state index contributed by atoms with van der Waals surface area (Å²) in [7, 11) is 0. The van der Waals surface area contributed by atoms with Gasteiger partial charge < -0.3 is 20.2 Å². The van der Waals surface area contributed by atoms with E-state index in [-0.39, 0.29) is 18.6 Å². The first-order valence-electron chi connectivity index (χ1n) is 6.37. The zero-order valence-corrected chi connectivity index (χ0v) is 12.2. The van der Waals surface area contributed by atoms with Crippen molar-refractivity contribution in [3.63, 3.8) is 0 Å². The molecule has 2 aromatic heterocycles. The quantitative estimate of drug-likeness (QED) is 0.792. The summed E-state index contributed by atoms with van der Waals surface area (Å²) in [5, 5.41) is 18.2. The van der Waals surface area contributed by atoms with Gasteiger partial charge in [-0.25, -0.2) is 4.79 Å². The van der Waals surface area contributed by atoms with E-state index in [1.807, 2.05) is 31.4 Å². The third kappa shape index (κ3) is 3.20. The van der Waals surface area contributed by atoms with E-state index in [2.05, 4.69) is 10.6 Å². The minimum atomic E-state index is -1.36. The maximum absolute atomic E-state index is 11.7. The molecule has 0 saturated carbocycles. The smallest absolute Gasteiger partial charge is 0.315 e. The second kappa shape index (κ2) is 6.11. The second-order valence-electron chi connectivity index (χ2n) is 4.80. The zero-order valence-electron chi connectivity index (χ0n) is 11.4. The number of carbonyl (C=O) groups is 1. The molecular weight excluding hydrogens is 276 g/mol. The molecule has 2 rings (SSSR count). The molecule has 20 heavy (non-hydrogen) atoms. The molecule has 0 aliphatic carbocycles. The van der Waals surface area contributed by atoms with Crippen molar-refractivity contribution in [1.29, 1.82) is 0 Å². The van der Waals surface area contributed by atoms with Gasteiger partial charge in [0.25, 0.3) is 0 Å². The maximum Gasteiger partial charge on any atom is 0.315 e. The van der Waals surface area contributed by atoms with Gasteiger partial charge in [-0.05, 0) is 37.4 Å². The van der Waals surface area contributed by atoms with Gasteiger partial charge in [-0.15, -0.1) is 11.3 Å². The van der Waals surface area contributed by atoms with Crippen LogP contribution < -0.4 is 10.6 Å². The molecule has 5 nitrogen and oxygen atoms in total. The Morgan fingerprint density at radius 1 is 1.45 bits per heavy atom. The highest BCUT2D eigenvalue weighted by Crippen LogP contribution is 2.32. The first-order chi connectivity index (χ1) is 9.52. The summed E-state index contributed by atoms with van der Waals surface area (Å²) in [5.41, 5.74) is -1.36. The Kier molecular flexibility index (Phi) is 4.46. The van der Waals surface area contributed by atoms with Gasteiger partial charge >= 0.3 is 6.03 Å². The molecule has 0 saturated heterocycles. The van der Waals surface area contributed by atoms with Gasteiger partial charge in [-0.1, -0.05) is 6.07 Å². The van der Waals surface area contributed by atoms with Gasteiger partial charge in [0, 0.05) is 10.9 Å². The molecule has 0 aromatic carbocycles. The molecule has 1 atom stereocenters. The Bertz CT molecular complexity index is 501. The van der Waals surface area contributed by atoms with Crippen LogP contribution in [0.15, 0.2) is 40.3 Å². The van der Waals surface area contributed by atoms with Gasteiger partial charge in [0.15, 0.2) is 5.60 Å². The standard InChI is InChI=1S/C14H18N2O3S/c1-10(2)16-13(17)15-9-14(18,11-5-3-7-19-11)12-6-4-8-20-12/h3-8,10,18H,9H2,1-2H3,(H2,15,16,17). The summed E-state index contributed by atoms with van der Waals surface area (Å²) < 4.78 is 5.32. The van der Waals surface area contributed by atoms with Crippen molar-refractivity contribution in [2.45, 2.75) is 25.5 Å². The number of urea groups is 1. The average Bonchev–Trinajstić information content (AvgIpc) is 3.07. The number of hydrogen-bond acceptors (Lipinski definition) is 4. The number of nitrogens with one attached hydrogen (secondary N) is 2. The molecule has 0 radical (unpaired) electrons. The molecule has 0 fully saturated rings. The molecule has 0 aliphatic rings. The predicted octanol–water partition coefficient (Wildman–Crippen LogP) is 2.28. The average molecular weight is 294 g/mol. The van der Waals surface area contributed by atoms with Crippen LogP contribution in [0.25, 0.3) is 0 Å². The van der Waals surface area contributed by atoms with Crippen molar-refractivity contribution in [2.75, 3.05) is 6.54 Å². The van der Waals surface area contributed by atoms with E-state index in [0.29, 0.717) is 5.76 Å². The largest absolute Gasteiger partial charge is 0.466 e. The summed E-state index contributed by atoms with van der Waals surface area (Å²) in [6.07, 6.45) is 1.50.